The molecule has 1 amide bonds. The van der Waals surface area contributed by atoms with E-state index in [-0.39, 0.29) is 29.1 Å². The molecule has 1 saturated heterocycles. The number of likely N-dealkylation sites (tertiary alicyclic amines) is 1. The van der Waals surface area contributed by atoms with Crippen LogP contribution in [0.4, 0.5) is 11.4 Å². The fourth-order valence-corrected chi connectivity index (χ4v) is 6.31. The van der Waals surface area contributed by atoms with Crippen LogP contribution in [-0.4, -0.2) is 74.0 Å². The minimum Gasteiger partial charge on any atom is -0.490 e. The lowest BCUT2D eigenvalue weighted by Crippen LogP contribution is -2.37. The number of rotatable bonds is 5. The molecule has 1 saturated carbocycles. The van der Waals surface area contributed by atoms with E-state index < -0.39 is 9.84 Å². The highest BCUT2D eigenvalue weighted by molar-refractivity contribution is 7.90. The summed E-state index contributed by atoms with van der Waals surface area (Å²) in [7, 11) is -3.40. The van der Waals surface area contributed by atoms with E-state index in [0.29, 0.717) is 50.4 Å². The Bertz CT molecular complexity index is 1240. The van der Waals surface area contributed by atoms with E-state index in [9.17, 15) is 18.3 Å². The second kappa shape index (κ2) is 9.89. The molecule has 3 heterocycles. The second-order valence-electron chi connectivity index (χ2n) is 10.0. The number of pyridine rings is 1. The van der Waals surface area contributed by atoms with Crippen molar-refractivity contribution in [2.75, 3.05) is 37.4 Å². The monoisotopic (exact) mass is 515 g/mol. The van der Waals surface area contributed by atoms with E-state index in [0.717, 1.165) is 42.6 Å². The van der Waals surface area contributed by atoms with Gasteiger partial charge in [0.25, 0.3) is 0 Å². The number of amides is 1. The van der Waals surface area contributed by atoms with Gasteiger partial charge in [-0.15, -0.1) is 0 Å². The quantitative estimate of drug-likeness (QED) is 0.648. The third-order valence-corrected chi connectivity index (χ3v) is 8.41. The highest BCUT2D eigenvalue weighted by Crippen LogP contribution is 2.40. The summed E-state index contributed by atoms with van der Waals surface area (Å²) in [5.74, 6) is 1.61. The van der Waals surface area contributed by atoms with Crippen molar-refractivity contribution in [3.63, 3.8) is 0 Å². The molecule has 1 aliphatic carbocycles. The van der Waals surface area contributed by atoms with Crippen molar-refractivity contribution in [2.45, 2.75) is 56.3 Å². The van der Waals surface area contributed by atoms with Crippen LogP contribution in [0.3, 0.4) is 0 Å². The summed E-state index contributed by atoms with van der Waals surface area (Å²) in [5, 5.41) is 9.81. The number of anilines is 2. The van der Waals surface area contributed by atoms with Crippen LogP contribution in [0, 0.1) is 12.8 Å². The minimum absolute atomic E-state index is 0.00718. The van der Waals surface area contributed by atoms with Crippen LogP contribution in [0.5, 0.6) is 11.5 Å². The van der Waals surface area contributed by atoms with Crippen molar-refractivity contribution in [1.82, 2.24) is 9.88 Å². The molecule has 10 heteroatoms. The van der Waals surface area contributed by atoms with Crippen LogP contribution < -0.4 is 14.4 Å². The number of nitrogens with zero attached hydrogens (tertiary/aromatic N) is 3. The van der Waals surface area contributed by atoms with Gasteiger partial charge in [-0.2, -0.15) is 0 Å². The number of aryl methyl sites for hydroxylation is 1. The Balaban J connectivity index is 1.29. The van der Waals surface area contributed by atoms with Gasteiger partial charge in [0.1, 0.15) is 24.2 Å². The maximum Gasteiger partial charge on any atom is 0.225 e. The Kier molecular flexibility index (Phi) is 6.82. The Morgan fingerprint density at radius 3 is 2.64 bits per heavy atom. The summed E-state index contributed by atoms with van der Waals surface area (Å²) in [5.41, 5.74) is 2.22. The van der Waals surface area contributed by atoms with E-state index in [4.69, 9.17) is 9.47 Å². The number of sulfone groups is 1. The molecule has 0 radical (unpaired) electrons. The summed E-state index contributed by atoms with van der Waals surface area (Å²) >= 11 is 0. The summed E-state index contributed by atoms with van der Waals surface area (Å²) in [4.78, 5) is 21.1. The number of fused-ring (bicyclic) bond motifs is 1. The lowest BCUT2D eigenvalue weighted by atomic mass is 9.86. The van der Waals surface area contributed by atoms with Gasteiger partial charge in [0.2, 0.25) is 5.91 Å². The van der Waals surface area contributed by atoms with E-state index in [1.165, 1.54) is 0 Å². The summed E-state index contributed by atoms with van der Waals surface area (Å²) in [6.45, 7) is 4.08. The molecule has 194 valence electrons. The Labute approximate surface area is 211 Å². The molecule has 2 aliphatic heterocycles. The first-order chi connectivity index (χ1) is 17.2. The van der Waals surface area contributed by atoms with Crippen molar-refractivity contribution in [2.24, 2.45) is 5.92 Å². The smallest absolute Gasteiger partial charge is 0.225 e. The number of carbonyl (C=O) groups excluding carboxylic acids is 1. The van der Waals surface area contributed by atoms with E-state index in [1.807, 2.05) is 29.2 Å². The largest absolute Gasteiger partial charge is 0.490 e. The normalized spacial score (nSPS) is 24.2. The molecule has 2 aromatic rings. The molecule has 9 nitrogen and oxygen atoms in total. The van der Waals surface area contributed by atoms with E-state index >= 15 is 0 Å². The van der Waals surface area contributed by atoms with Gasteiger partial charge in [0, 0.05) is 31.2 Å². The summed E-state index contributed by atoms with van der Waals surface area (Å²) < 4.78 is 36.1. The highest BCUT2D eigenvalue weighted by Gasteiger charge is 2.34. The van der Waals surface area contributed by atoms with Gasteiger partial charge >= 0.3 is 0 Å². The van der Waals surface area contributed by atoms with Gasteiger partial charge in [0.15, 0.2) is 14.9 Å². The molecule has 1 aromatic heterocycles. The fourth-order valence-electron chi connectivity index (χ4n) is 5.42. The maximum atomic E-state index is 12.9. The van der Waals surface area contributed by atoms with E-state index in [2.05, 4.69) is 9.88 Å². The average Bonchev–Trinajstić information content (AvgIpc) is 3.31. The number of ether oxygens (including phenoxy) is 2. The van der Waals surface area contributed by atoms with Gasteiger partial charge < -0.3 is 24.4 Å². The van der Waals surface area contributed by atoms with Gasteiger partial charge in [-0.3, -0.25) is 4.79 Å². The Morgan fingerprint density at radius 1 is 1.14 bits per heavy atom. The first-order valence-corrected chi connectivity index (χ1v) is 14.4. The summed E-state index contributed by atoms with van der Waals surface area (Å²) in [6, 6.07) is 7.52. The van der Waals surface area contributed by atoms with Gasteiger partial charge in [-0.1, -0.05) is 0 Å². The van der Waals surface area contributed by atoms with Gasteiger partial charge in [0.05, 0.1) is 36.8 Å². The molecule has 3 aliphatic rings. The van der Waals surface area contributed by atoms with Crippen LogP contribution in [0.1, 0.15) is 37.7 Å². The lowest BCUT2D eigenvalue weighted by molar-refractivity contribution is -0.136. The Hall–Kier alpha value is -2.85. The molecular weight excluding hydrogens is 482 g/mol. The number of aromatic nitrogens is 1. The second-order valence-corrected chi connectivity index (χ2v) is 12.0. The van der Waals surface area contributed by atoms with Crippen molar-refractivity contribution in [1.29, 1.82) is 0 Å². The van der Waals surface area contributed by atoms with Crippen LogP contribution >= 0.6 is 0 Å². The number of hydrogen-bond acceptors (Lipinski definition) is 8. The Morgan fingerprint density at radius 2 is 1.92 bits per heavy atom. The van der Waals surface area contributed by atoms with Crippen LogP contribution in [0.2, 0.25) is 0 Å². The first kappa shape index (κ1) is 24.8. The van der Waals surface area contributed by atoms with Crippen molar-refractivity contribution in [3.05, 3.63) is 36.0 Å². The third-order valence-electron chi connectivity index (χ3n) is 7.28. The highest BCUT2D eigenvalue weighted by atomic mass is 32.2. The number of aliphatic hydroxyl groups is 1. The lowest BCUT2D eigenvalue weighted by Gasteiger charge is -2.32. The van der Waals surface area contributed by atoms with Crippen LogP contribution in [-0.2, 0) is 14.6 Å². The van der Waals surface area contributed by atoms with Crippen molar-refractivity contribution in [3.8, 4) is 11.5 Å². The van der Waals surface area contributed by atoms with Crippen molar-refractivity contribution < 1.29 is 27.8 Å². The maximum absolute atomic E-state index is 12.9. The fraction of sp³-hybridized carbons (Fsp3) is 0.538. The van der Waals surface area contributed by atoms with Crippen LogP contribution in [0.15, 0.2) is 35.5 Å². The molecule has 36 heavy (non-hydrogen) atoms. The van der Waals surface area contributed by atoms with Gasteiger partial charge in [-0.25, -0.2) is 13.4 Å². The molecule has 2 fully saturated rings. The molecule has 1 N–H and O–H groups in total. The minimum atomic E-state index is -3.40. The summed E-state index contributed by atoms with van der Waals surface area (Å²) in [6.07, 6.45) is 6.06. The zero-order chi connectivity index (χ0) is 25.4. The first-order valence-electron chi connectivity index (χ1n) is 12.5. The average molecular weight is 516 g/mol. The number of carbonyl (C=O) groups is 1. The predicted molar refractivity (Wildman–Crippen MR) is 135 cm³/mol. The molecule has 1 aromatic carbocycles. The van der Waals surface area contributed by atoms with E-state index in [1.54, 1.807) is 13.1 Å². The third kappa shape index (κ3) is 5.15. The molecular formula is C26H33N3O6S. The zero-order valence-electron chi connectivity index (χ0n) is 20.7. The zero-order valence-corrected chi connectivity index (χ0v) is 21.5. The molecule has 0 bridgehead atoms. The molecule has 0 unspecified atom stereocenters. The van der Waals surface area contributed by atoms with Gasteiger partial charge in [-0.05, 0) is 56.4 Å². The standard InChI is InChI=1S/C26H33N3O6S/c1-17-13-19(15-27-25(17)36(2,32)33)29-11-12-34-24-8-7-21(14-23(24)29)35-22-9-10-28(16-22)26(31)18-3-5-20(30)6-4-18/h7-8,13-15,18,20,22,30H,3-6,9-12,16H2,1-2H3/t18-,20+,22-/m0/s1. The molecule has 0 spiro atoms. The molecule has 1 atom stereocenters. The predicted octanol–water partition coefficient (Wildman–Crippen LogP) is 2.85. The molecule has 5 rings (SSSR count). The van der Waals surface area contributed by atoms with Crippen LogP contribution in [0.25, 0.3) is 0 Å². The number of hydrogen-bond donors (Lipinski definition) is 1. The topological polar surface area (TPSA) is 109 Å². The SMILES string of the molecule is Cc1cc(N2CCOc3ccc(O[C@H]4CCN(C(=O)[C@H]5CC[C@@H](O)CC5)C4)cc32)cnc1S(C)(=O)=O. The van der Waals surface area contributed by atoms with Crippen molar-refractivity contribution >= 4 is 27.1 Å². The number of aliphatic hydroxyl groups excluding tert-OH is 1. The number of benzene rings is 1.